The molecule has 0 atom stereocenters. The molecule has 1 amide bonds. The van der Waals surface area contributed by atoms with Crippen LogP contribution < -0.4 is 15.4 Å². The van der Waals surface area contributed by atoms with Crippen LogP contribution in [-0.2, 0) is 4.79 Å². The standard InChI is InChI=1S/C21H16Cl2N4O2/c1-12(28)25-15-4-2-5-16(9-15)26-21-24-10-13-8-14(11-29-20(13)27-21)19-17(22)6-3-7-18(19)23/h2-10H,11H2,1H3,(H,25,28)(H,24,26,27). The van der Waals surface area contributed by atoms with Crippen molar-refractivity contribution in [1.29, 1.82) is 0 Å². The first-order valence-electron chi connectivity index (χ1n) is 8.79. The molecule has 4 rings (SSSR count). The average Bonchev–Trinajstić information content (AvgIpc) is 2.68. The largest absolute Gasteiger partial charge is 0.472 e. The zero-order valence-corrected chi connectivity index (χ0v) is 16.9. The number of rotatable bonds is 4. The molecule has 6 nitrogen and oxygen atoms in total. The van der Waals surface area contributed by atoms with Crippen molar-refractivity contribution < 1.29 is 9.53 Å². The van der Waals surface area contributed by atoms with Crippen molar-refractivity contribution >= 4 is 58.1 Å². The Labute approximate surface area is 177 Å². The van der Waals surface area contributed by atoms with E-state index in [-0.39, 0.29) is 5.91 Å². The summed E-state index contributed by atoms with van der Waals surface area (Å²) in [7, 11) is 0. The van der Waals surface area contributed by atoms with E-state index in [4.69, 9.17) is 27.9 Å². The van der Waals surface area contributed by atoms with Gasteiger partial charge in [0.1, 0.15) is 6.61 Å². The fourth-order valence-electron chi connectivity index (χ4n) is 2.98. The van der Waals surface area contributed by atoms with Gasteiger partial charge >= 0.3 is 0 Å². The van der Waals surface area contributed by atoms with Gasteiger partial charge < -0.3 is 15.4 Å². The Hall–Kier alpha value is -3.09. The van der Waals surface area contributed by atoms with Crippen molar-refractivity contribution in [3.05, 3.63) is 69.8 Å². The summed E-state index contributed by atoms with van der Waals surface area (Å²) in [5.74, 6) is 0.714. The molecule has 2 N–H and O–H groups in total. The summed E-state index contributed by atoms with van der Waals surface area (Å²) < 4.78 is 5.82. The molecule has 3 aromatic rings. The van der Waals surface area contributed by atoms with Crippen LogP contribution in [0.2, 0.25) is 10.0 Å². The second kappa shape index (κ2) is 8.11. The van der Waals surface area contributed by atoms with Gasteiger partial charge in [-0.1, -0.05) is 35.3 Å². The lowest BCUT2D eigenvalue weighted by Gasteiger charge is -2.19. The summed E-state index contributed by atoms with van der Waals surface area (Å²) in [5, 5.41) is 6.98. The fraction of sp³-hybridized carbons (Fsp3) is 0.0952. The molecule has 8 heteroatoms. The van der Waals surface area contributed by atoms with Crippen molar-refractivity contribution in [3.63, 3.8) is 0 Å². The number of amides is 1. The van der Waals surface area contributed by atoms with Crippen molar-refractivity contribution in [2.75, 3.05) is 17.2 Å². The Morgan fingerprint density at radius 3 is 2.59 bits per heavy atom. The summed E-state index contributed by atoms with van der Waals surface area (Å²) in [6, 6.07) is 12.7. The van der Waals surface area contributed by atoms with Crippen molar-refractivity contribution in [3.8, 4) is 5.88 Å². The van der Waals surface area contributed by atoms with Crippen LogP contribution in [0.15, 0.2) is 48.7 Å². The normalized spacial score (nSPS) is 12.4. The highest BCUT2D eigenvalue weighted by molar-refractivity contribution is 6.37. The summed E-state index contributed by atoms with van der Waals surface area (Å²) in [5.41, 5.74) is 3.77. The average molecular weight is 427 g/mol. The second-order valence-electron chi connectivity index (χ2n) is 6.40. The number of aromatic nitrogens is 2. The van der Waals surface area contributed by atoms with E-state index in [0.29, 0.717) is 34.2 Å². The fourth-order valence-corrected chi connectivity index (χ4v) is 3.62. The molecule has 0 unspecified atom stereocenters. The van der Waals surface area contributed by atoms with Crippen LogP contribution in [0.1, 0.15) is 18.1 Å². The molecule has 146 valence electrons. The molecule has 0 spiro atoms. The maximum atomic E-state index is 11.2. The first kappa shape index (κ1) is 19.2. The second-order valence-corrected chi connectivity index (χ2v) is 7.21. The van der Waals surface area contributed by atoms with E-state index < -0.39 is 0 Å². The predicted molar refractivity (Wildman–Crippen MR) is 116 cm³/mol. The number of fused-ring (bicyclic) bond motifs is 1. The van der Waals surface area contributed by atoms with Crippen molar-refractivity contribution in [1.82, 2.24) is 9.97 Å². The van der Waals surface area contributed by atoms with E-state index in [9.17, 15) is 4.79 Å². The van der Waals surface area contributed by atoms with E-state index in [2.05, 4.69) is 20.6 Å². The minimum absolute atomic E-state index is 0.137. The summed E-state index contributed by atoms with van der Waals surface area (Å²) in [6.07, 6.45) is 3.60. The monoisotopic (exact) mass is 426 g/mol. The van der Waals surface area contributed by atoms with Gasteiger partial charge in [-0.25, -0.2) is 4.98 Å². The van der Waals surface area contributed by atoms with Gasteiger partial charge in [-0.2, -0.15) is 4.98 Å². The van der Waals surface area contributed by atoms with Gasteiger partial charge in [0.25, 0.3) is 0 Å². The Morgan fingerprint density at radius 1 is 1.10 bits per heavy atom. The number of ether oxygens (including phenoxy) is 1. The number of hydrogen-bond acceptors (Lipinski definition) is 5. The molecule has 1 aromatic heterocycles. The molecule has 0 saturated heterocycles. The number of benzene rings is 2. The number of nitrogens with one attached hydrogen (secondary N) is 2. The van der Waals surface area contributed by atoms with E-state index in [1.165, 1.54) is 6.92 Å². The van der Waals surface area contributed by atoms with Gasteiger partial charge in [-0.05, 0) is 36.4 Å². The third-order valence-electron chi connectivity index (χ3n) is 4.20. The zero-order valence-electron chi connectivity index (χ0n) is 15.4. The van der Waals surface area contributed by atoms with Crippen LogP contribution in [0.25, 0.3) is 11.6 Å². The molecule has 0 bridgehead atoms. The van der Waals surface area contributed by atoms with E-state index in [1.807, 2.05) is 18.2 Å². The van der Waals surface area contributed by atoms with Crippen molar-refractivity contribution in [2.24, 2.45) is 0 Å². The molecule has 0 radical (unpaired) electrons. The Bertz CT molecular complexity index is 1110. The number of carbonyl (C=O) groups excluding carboxylic acids is 1. The third-order valence-corrected chi connectivity index (χ3v) is 4.83. The minimum Gasteiger partial charge on any atom is -0.472 e. The maximum Gasteiger partial charge on any atom is 0.230 e. The van der Waals surface area contributed by atoms with Gasteiger partial charge in [0.15, 0.2) is 0 Å². The highest BCUT2D eigenvalue weighted by Crippen LogP contribution is 2.36. The Morgan fingerprint density at radius 2 is 1.83 bits per heavy atom. The van der Waals surface area contributed by atoms with Crippen LogP contribution in [-0.4, -0.2) is 22.5 Å². The van der Waals surface area contributed by atoms with Crippen LogP contribution in [0.4, 0.5) is 17.3 Å². The van der Waals surface area contributed by atoms with Gasteiger partial charge in [-0.3, -0.25) is 4.79 Å². The lowest BCUT2D eigenvalue weighted by Crippen LogP contribution is -2.10. The van der Waals surface area contributed by atoms with Crippen LogP contribution in [0.3, 0.4) is 0 Å². The summed E-state index contributed by atoms with van der Waals surface area (Å²) in [6.45, 7) is 1.76. The number of anilines is 3. The lowest BCUT2D eigenvalue weighted by atomic mass is 10.0. The molecule has 2 aromatic carbocycles. The Kier molecular flexibility index (Phi) is 5.38. The smallest absolute Gasteiger partial charge is 0.230 e. The van der Waals surface area contributed by atoms with E-state index in [1.54, 1.807) is 36.5 Å². The molecular formula is C21H16Cl2N4O2. The molecule has 2 heterocycles. The van der Waals surface area contributed by atoms with Crippen LogP contribution >= 0.6 is 23.2 Å². The van der Waals surface area contributed by atoms with Gasteiger partial charge in [0.2, 0.25) is 17.7 Å². The zero-order chi connectivity index (χ0) is 20.4. The molecule has 29 heavy (non-hydrogen) atoms. The SMILES string of the molecule is CC(=O)Nc1cccc(Nc2ncc3c(n2)OCC(c2c(Cl)cccc2Cl)=C3)c1. The number of carbonyl (C=O) groups is 1. The Balaban J connectivity index is 1.58. The van der Waals surface area contributed by atoms with Crippen molar-refractivity contribution in [2.45, 2.75) is 6.92 Å². The molecular weight excluding hydrogens is 411 g/mol. The molecule has 0 saturated carbocycles. The first-order chi connectivity index (χ1) is 14.0. The summed E-state index contributed by atoms with van der Waals surface area (Å²) in [4.78, 5) is 20.0. The van der Waals surface area contributed by atoms with Gasteiger partial charge in [0, 0.05) is 45.7 Å². The predicted octanol–water partition coefficient (Wildman–Crippen LogP) is 5.42. The topological polar surface area (TPSA) is 76.1 Å². The number of nitrogens with zero attached hydrogens (tertiary/aromatic N) is 2. The van der Waals surface area contributed by atoms with Gasteiger partial charge in [0.05, 0.1) is 5.56 Å². The maximum absolute atomic E-state index is 11.2. The number of hydrogen-bond donors (Lipinski definition) is 2. The molecule has 1 aliphatic heterocycles. The first-order valence-corrected chi connectivity index (χ1v) is 9.54. The molecule has 0 fully saturated rings. The number of halogens is 2. The summed E-state index contributed by atoms with van der Waals surface area (Å²) >= 11 is 12.6. The van der Waals surface area contributed by atoms with E-state index >= 15 is 0 Å². The molecule has 1 aliphatic rings. The third kappa shape index (κ3) is 4.34. The highest BCUT2D eigenvalue weighted by Gasteiger charge is 2.19. The quantitative estimate of drug-likeness (QED) is 0.582. The van der Waals surface area contributed by atoms with Crippen LogP contribution in [0, 0.1) is 0 Å². The van der Waals surface area contributed by atoms with Gasteiger partial charge in [-0.15, -0.1) is 0 Å². The van der Waals surface area contributed by atoms with Crippen LogP contribution in [0.5, 0.6) is 5.88 Å². The lowest BCUT2D eigenvalue weighted by molar-refractivity contribution is -0.114. The minimum atomic E-state index is -0.137. The van der Waals surface area contributed by atoms with E-state index in [0.717, 1.165) is 22.4 Å². The highest BCUT2D eigenvalue weighted by atomic mass is 35.5. The molecule has 0 aliphatic carbocycles.